The van der Waals surface area contributed by atoms with E-state index in [0.717, 1.165) is 11.3 Å². The topological polar surface area (TPSA) is 78.6 Å². The molecule has 1 aliphatic rings. The van der Waals surface area contributed by atoms with E-state index in [9.17, 15) is 8.42 Å². The third kappa shape index (κ3) is 2.94. The van der Waals surface area contributed by atoms with Crippen LogP contribution in [0.1, 0.15) is 11.5 Å². The minimum atomic E-state index is -3.51. The zero-order valence-electron chi connectivity index (χ0n) is 14.4. The highest BCUT2D eigenvalue weighted by Gasteiger charge is 2.70. The van der Waals surface area contributed by atoms with E-state index in [1.165, 1.54) is 0 Å². The Morgan fingerprint density at radius 2 is 1.68 bits per heavy atom. The Morgan fingerprint density at radius 1 is 1.04 bits per heavy atom. The van der Waals surface area contributed by atoms with Crippen molar-refractivity contribution in [3.05, 3.63) is 60.2 Å². The third-order valence-corrected chi connectivity index (χ3v) is 7.39. The van der Waals surface area contributed by atoms with Crippen molar-refractivity contribution in [2.45, 2.75) is 16.1 Å². The molecule has 0 saturated heterocycles. The summed E-state index contributed by atoms with van der Waals surface area (Å²) in [7, 11) is -0.334. The molecule has 25 heavy (non-hydrogen) atoms. The first kappa shape index (κ1) is 17.9. The first-order valence-electron chi connectivity index (χ1n) is 8.13. The third-order valence-electron chi connectivity index (χ3n) is 5.05. The monoisotopic (exact) mass is 361 g/mol. The van der Waals surface area contributed by atoms with Crippen LogP contribution in [0, 0.1) is 5.41 Å². The molecule has 3 atom stereocenters. The molecule has 5 nitrogen and oxygen atoms in total. The summed E-state index contributed by atoms with van der Waals surface area (Å²) < 4.78 is 37.0. The van der Waals surface area contributed by atoms with Gasteiger partial charge in [-0.15, -0.1) is 0 Å². The van der Waals surface area contributed by atoms with Crippen molar-refractivity contribution in [2.75, 3.05) is 27.4 Å². The van der Waals surface area contributed by atoms with Gasteiger partial charge < -0.3 is 15.2 Å². The summed E-state index contributed by atoms with van der Waals surface area (Å²) in [4.78, 5) is 0.324. The number of benzene rings is 2. The lowest BCUT2D eigenvalue weighted by molar-refractivity contribution is 0.142. The Labute approximate surface area is 148 Å². The van der Waals surface area contributed by atoms with Gasteiger partial charge in [0.15, 0.2) is 9.84 Å². The Balaban J connectivity index is 2.03. The number of hydrogen-bond acceptors (Lipinski definition) is 5. The average Bonchev–Trinajstić information content (AvgIpc) is 3.32. The van der Waals surface area contributed by atoms with Crippen LogP contribution in [0.2, 0.25) is 0 Å². The highest BCUT2D eigenvalue weighted by molar-refractivity contribution is 7.92. The van der Waals surface area contributed by atoms with Crippen molar-refractivity contribution in [1.82, 2.24) is 0 Å². The highest BCUT2D eigenvalue weighted by atomic mass is 32.2. The summed E-state index contributed by atoms with van der Waals surface area (Å²) in [6, 6.07) is 16.0. The molecule has 1 saturated carbocycles. The van der Waals surface area contributed by atoms with Gasteiger partial charge in [0, 0.05) is 25.0 Å². The molecule has 1 fully saturated rings. The van der Waals surface area contributed by atoms with Crippen molar-refractivity contribution in [2.24, 2.45) is 11.1 Å². The minimum Gasteiger partial charge on any atom is -0.497 e. The lowest BCUT2D eigenvalue weighted by Crippen LogP contribution is -2.28. The first-order valence-corrected chi connectivity index (χ1v) is 9.68. The summed E-state index contributed by atoms with van der Waals surface area (Å²) in [5, 5.41) is -0.597. The van der Waals surface area contributed by atoms with Gasteiger partial charge in [-0.2, -0.15) is 0 Å². The van der Waals surface area contributed by atoms with Crippen molar-refractivity contribution in [3.8, 4) is 5.75 Å². The molecule has 134 valence electrons. The SMILES string of the molecule is COC[C@@]1(CN)[C@H](c2ccc(OC)cc2)[C@@H]1S(=O)(=O)c1ccccc1. The molecule has 2 aromatic rings. The van der Waals surface area contributed by atoms with Gasteiger partial charge in [-0.05, 0) is 29.8 Å². The molecule has 0 heterocycles. The van der Waals surface area contributed by atoms with Crippen molar-refractivity contribution >= 4 is 9.84 Å². The van der Waals surface area contributed by atoms with Crippen molar-refractivity contribution in [1.29, 1.82) is 0 Å². The van der Waals surface area contributed by atoms with Crippen LogP contribution in [0.3, 0.4) is 0 Å². The van der Waals surface area contributed by atoms with E-state index >= 15 is 0 Å². The molecular formula is C19H23NO4S. The van der Waals surface area contributed by atoms with Gasteiger partial charge in [0.25, 0.3) is 0 Å². The quantitative estimate of drug-likeness (QED) is 0.818. The highest BCUT2D eigenvalue weighted by Crippen LogP contribution is 2.63. The normalized spacial score (nSPS) is 25.6. The van der Waals surface area contributed by atoms with Crippen molar-refractivity contribution in [3.63, 3.8) is 0 Å². The lowest BCUT2D eigenvalue weighted by atomic mass is 10.00. The average molecular weight is 361 g/mol. The fourth-order valence-electron chi connectivity index (χ4n) is 3.76. The van der Waals surface area contributed by atoms with Gasteiger partial charge in [0.2, 0.25) is 0 Å². The molecule has 1 aliphatic carbocycles. The lowest BCUT2D eigenvalue weighted by Gasteiger charge is -2.15. The molecule has 0 amide bonds. The summed E-state index contributed by atoms with van der Waals surface area (Å²) >= 11 is 0. The van der Waals surface area contributed by atoms with Gasteiger partial charge >= 0.3 is 0 Å². The number of methoxy groups -OCH3 is 2. The van der Waals surface area contributed by atoms with Gasteiger partial charge in [0.05, 0.1) is 23.9 Å². The Bertz CT molecular complexity index is 820. The van der Waals surface area contributed by atoms with Crippen LogP contribution in [-0.2, 0) is 14.6 Å². The molecule has 0 spiro atoms. The Hall–Kier alpha value is -1.89. The minimum absolute atomic E-state index is 0.200. The maximum atomic E-state index is 13.2. The fraction of sp³-hybridized carbons (Fsp3) is 0.368. The first-order chi connectivity index (χ1) is 12.0. The van der Waals surface area contributed by atoms with E-state index in [0.29, 0.717) is 11.5 Å². The fourth-order valence-corrected chi connectivity index (χ4v) is 6.23. The molecule has 0 unspecified atom stereocenters. The number of ether oxygens (including phenoxy) is 2. The predicted molar refractivity (Wildman–Crippen MR) is 96.5 cm³/mol. The van der Waals surface area contributed by atoms with Crippen LogP contribution in [0.4, 0.5) is 0 Å². The summed E-state index contributed by atoms with van der Waals surface area (Å²) in [6.07, 6.45) is 0. The van der Waals surface area contributed by atoms with E-state index in [4.69, 9.17) is 15.2 Å². The molecule has 0 bridgehead atoms. The zero-order chi connectivity index (χ0) is 18.1. The number of hydrogen-bond donors (Lipinski definition) is 1. The van der Waals surface area contributed by atoms with E-state index < -0.39 is 20.5 Å². The molecule has 3 rings (SSSR count). The van der Waals surface area contributed by atoms with E-state index in [1.54, 1.807) is 44.6 Å². The molecule has 2 aromatic carbocycles. The molecule has 0 radical (unpaired) electrons. The predicted octanol–water partition coefficient (Wildman–Crippen LogP) is 2.23. The van der Waals surface area contributed by atoms with Crippen molar-refractivity contribution < 1.29 is 17.9 Å². The van der Waals surface area contributed by atoms with Gasteiger partial charge in [-0.25, -0.2) is 8.42 Å². The summed E-state index contributed by atoms with van der Waals surface area (Å²) in [6.45, 7) is 0.547. The second kappa shape index (κ2) is 6.78. The smallest absolute Gasteiger partial charge is 0.182 e. The van der Waals surface area contributed by atoms with Crippen LogP contribution in [-0.4, -0.2) is 41.0 Å². The second-order valence-electron chi connectivity index (χ2n) is 6.40. The second-order valence-corrected chi connectivity index (χ2v) is 8.47. The molecular weight excluding hydrogens is 338 g/mol. The van der Waals surface area contributed by atoms with Crippen LogP contribution < -0.4 is 10.5 Å². The van der Waals surface area contributed by atoms with E-state index in [-0.39, 0.29) is 12.5 Å². The van der Waals surface area contributed by atoms with Crippen LogP contribution in [0.5, 0.6) is 5.75 Å². The van der Waals surface area contributed by atoms with Crippen LogP contribution in [0.25, 0.3) is 0 Å². The maximum absolute atomic E-state index is 13.2. The standard InChI is InChI=1S/C19H23NO4S/c1-23-13-19(12-20)17(14-8-10-15(24-2)11-9-14)18(19)25(21,22)16-6-4-3-5-7-16/h3-11,17-18H,12-13,20H2,1-2H3/t17-,18+,19+/m1/s1. The van der Waals surface area contributed by atoms with Crippen LogP contribution in [0.15, 0.2) is 59.5 Å². The Morgan fingerprint density at radius 3 is 2.20 bits per heavy atom. The molecule has 2 N–H and O–H groups in total. The number of rotatable bonds is 7. The number of sulfone groups is 1. The van der Waals surface area contributed by atoms with Crippen LogP contribution >= 0.6 is 0 Å². The van der Waals surface area contributed by atoms with Gasteiger partial charge in [0.1, 0.15) is 5.75 Å². The maximum Gasteiger partial charge on any atom is 0.182 e. The summed E-state index contributed by atoms with van der Waals surface area (Å²) in [5.41, 5.74) is 6.36. The molecule has 0 aromatic heterocycles. The van der Waals surface area contributed by atoms with E-state index in [1.807, 2.05) is 24.3 Å². The summed E-state index contributed by atoms with van der Waals surface area (Å²) in [5.74, 6) is 0.533. The number of nitrogens with two attached hydrogens (primary N) is 1. The molecule has 6 heteroatoms. The zero-order valence-corrected chi connectivity index (χ0v) is 15.2. The van der Waals surface area contributed by atoms with Gasteiger partial charge in [-0.3, -0.25) is 0 Å². The van der Waals surface area contributed by atoms with Gasteiger partial charge in [-0.1, -0.05) is 30.3 Å². The Kier molecular flexibility index (Phi) is 4.86. The van der Waals surface area contributed by atoms with E-state index in [2.05, 4.69) is 0 Å². The largest absolute Gasteiger partial charge is 0.497 e. The molecule has 0 aliphatic heterocycles.